The second-order valence-corrected chi connectivity index (χ2v) is 5.96. The van der Waals surface area contributed by atoms with E-state index in [-0.39, 0.29) is 16.8 Å². The van der Waals surface area contributed by atoms with Gasteiger partial charge in [0.05, 0.1) is 16.8 Å². The molecule has 1 atom stereocenters. The number of para-hydroxylation sites is 1. The maximum atomic E-state index is 12.7. The van der Waals surface area contributed by atoms with Crippen LogP contribution < -0.4 is 10.6 Å². The molecule has 1 aromatic heterocycles. The van der Waals surface area contributed by atoms with Crippen molar-refractivity contribution in [3.63, 3.8) is 0 Å². The zero-order valence-electron chi connectivity index (χ0n) is 13.5. The van der Waals surface area contributed by atoms with Crippen LogP contribution in [0.2, 0.25) is 0 Å². The van der Waals surface area contributed by atoms with Crippen LogP contribution in [0.3, 0.4) is 0 Å². The number of benzene rings is 2. The molecule has 0 saturated heterocycles. The number of hydrogen-bond acceptors (Lipinski definition) is 4. The Bertz CT molecular complexity index is 1070. The summed E-state index contributed by atoms with van der Waals surface area (Å²) in [6, 6.07) is 11.9. The summed E-state index contributed by atoms with van der Waals surface area (Å²) in [4.78, 5) is 27.2. The molecule has 7 heteroatoms. The molecule has 0 bridgehead atoms. The third-order valence-electron chi connectivity index (χ3n) is 4.37. The lowest BCUT2D eigenvalue weighted by molar-refractivity contribution is -0.113. The largest absolute Gasteiger partial charge is 0.478 e. The number of anilines is 2. The fraction of sp³-hybridized carbons (Fsp3) is 0.0526. The van der Waals surface area contributed by atoms with Gasteiger partial charge in [0.1, 0.15) is 6.10 Å². The van der Waals surface area contributed by atoms with E-state index in [0.29, 0.717) is 11.1 Å². The molecule has 26 heavy (non-hydrogen) atoms. The number of aromatic nitrogens is 1. The van der Waals surface area contributed by atoms with Gasteiger partial charge in [-0.2, -0.15) is 0 Å². The molecular weight excluding hydrogens is 334 g/mol. The summed E-state index contributed by atoms with van der Waals surface area (Å²) in [5.41, 5.74) is 2.24. The maximum absolute atomic E-state index is 12.7. The lowest BCUT2D eigenvalue weighted by atomic mass is 9.97. The summed E-state index contributed by atoms with van der Waals surface area (Å²) >= 11 is 0. The van der Waals surface area contributed by atoms with Crippen molar-refractivity contribution in [3.8, 4) is 0 Å². The van der Waals surface area contributed by atoms with E-state index < -0.39 is 18.0 Å². The fourth-order valence-electron chi connectivity index (χ4n) is 3.03. The van der Waals surface area contributed by atoms with Crippen molar-refractivity contribution in [2.24, 2.45) is 0 Å². The number of carbonyl (C=O) groups excluding carboxylic acids is 1. The van der Waals surface area contributed by atoms with E-state index in [1.807, 2.05) is 6.07 Å². The van der Waals surface area contributed by atoms with E-state index in [1.165, 1.54) is 12.3 Å². The van der Waals surface area contributed by atoms with Crippen molar-refractivity contribution in [1.82, 2.24) is 4.98 Å². The van der Waals surface area contributed by atoms with Gasteiger partial charge in [-0.15, -0.1) is 0 Å². The third kappa shape index (κ3) is 2.60. The Morgan fingerprint density at radius 1 is 1.12 bits per heavy atom. The van der Waals surface area contributed by atoms with Gasteiger partial charge in [0.2, 0.25) is 0 Å². The van der Waals surface area contributed by atoms with E-state index in [2.05, 4.69) is 15.6 Å². The second-order valence-electron chi connectivity index (χ2n) is 5.96. The first kappa shape index (κ1) is 15.9. The molecule has 0 spiro atoms. The minimum absolute atomic E-state index is 0.0234. The van der Waals surface area contributed by atoms with Crippen LogP contribution in [0.1, 0.15) is 22.0 Å². The quantitative estimate of drug-likeness (QED) is 0.499. The highest BCUT2D eigenvalue weighted by atomic mass is 16.4. The molecule has 2 heterocycles. The van der Waals surface area contributed by atoms with Gasteiger partial charge in [-0.25, -0.2) is 4.79 Å². The molecule has 0 aliphatic carbocycles. The number of carboxylic acid groups (broad SMARTS) is 1. The van der Waals surface area contributed by atoms with Crippen molar-refractivity contribution in [2.75, 3.05) is 10.6 Å². The van der Waals surface area contributed by atoms with Gasteiger partial charge in [0.15, 0.2) is 0 Å². The van der Waals surface area contributed by atoms with Crippen LogP contribution in [0.15, 0.2) is 60.4 Å². The fourth-order valence-corrected chi connectivity index (χ4v) is 3.03. The van der Waals surface area contributed by atoms with Gasteiger partial charge in [0.25, 0.3) is 5.91 Å². The van der Waals surface area contributed by atoms with Gasteiger partial charge in [-0.05, 0) is 24.3 Å². The summed E-state index contributed by atoms with van der Waals surface area (Å²) in [7, 11) is 0. The number of amides is 1. The SMILES string of the molecule is O=C(Nc1cc2[nH]ccc2cc1C(=O)O)C1=CNc2ccccc2C1O. The Labute approximate surface area is 148 Å². The predicted octanol–water partition coefficient (Wildman–Crippen LogP) is 2.85. The molecule has 3 aromatic rings. The van der Waals surface area contributed by atoms with E-state index >= 15 is 0 Å². The first-order valence-electron chi connectivity index (χ1n) is 7.94. The van der Waals surface area contributed by atoms with E-state index in [9.17, 15) is 19.8 Å². The maximum Gasteiger partial charge on any atom is 0.337 e. The highest BCUT2D eigenvalue weighted by molar-refractivity contribution is 6.10. The minimum Gasteiger partial charge on any atom is -0.478 e. The average Bonchev–Trinajstić information content (AvgIpc) is 3.08. The van der Waals surface area contributed by atoms with E-state index in [1.54, 1.807) is 36.5 Å². The molecule has 1 amide bonds. The van der Waals surface area contributed by atoms with Crippen LogP contribution in [-0.2, 0) is 4.79 Å². The monoisotopic (exact) mass is 349 g/mol. The number of hydrogen-bond donors (Lipinski definition) is 5. The predicted molar refractivity (Wildman–Crippen MR) is 97.0 cm³/mol. The third-order valence-corrected chi connectivity index (χ3v) is 4.37. The highest BCUT2D eigenvalue weighted by Gasteiger charge is 2.27. The number of nitrogens with one attached hydrogen (secondary N) is 3. The van der Waals surface area contributed by atoms with Gasteiger partial charge in [0, 0.05) is 34.6 Å². The first-order valence-corrected chi connectivity index (χ1v) is 7.94. The summed E-state index contributed by atoms with van der Waals surface area (Å²) in [6.07, 6.45) is 2.02. The van der Waals surface area contributed by atoms with Crippen molar-refractivity contribution in [3.05, 3.63) is 71.6 Å². The van der Waals surface area contributed by atoms with Gasteiger partial charge in [-0.1, -0.05) is 18.2 Å². The van der Waals surface area contributed by atoms with Crippen LogP contribution in [0.25, 0.3) is 10.9 Å². The molecule has 5 N–H and O–H groups in total. The molecule has 1 aliphatic rings. The molecule has 1 unspecified atom stereocenters. The Balaban J connectivity index is 1.67. The molecule has 4 rings (SSSR count). The molecule has 7 nitrogen and oxygen atoms in total. The van der Waals surface area contributed by atoms with E-state index in [0.717, 1.165) is 11.1 Å². The lowest BCUT2D eigenvalue weighted by Crippen LogP contribution is -2.24. The molecule has 1 aliphatic heterocycles. The molecular formula is C19H15N3O4. The van der Waals surface area contributed by atoms with Crippen molar-refractivity contribution >= 4 is 34.2 Å². The number of aromatic carboxylic acids is 1. The van der Waals surface area contributed by atoms with Crippen LogP contribution in [-0.4, -0.2) is 27.1 Å². The van der Waals surface area contributed by atoms with Crippen molar-refractivity contribution in [1.29, 1.82) is 0 Å². The second kappa shape index (κ2) is 6.05. The summed E-state index contributed by atoms with van der Waals surface area (Å²) < 4.78 is 0. The Kier molecular flexibility index (Phi) is 3.70. The molecule has 0 saturated carbocycles. The highest BCUT2D eigenvalue weighted by Crippen LogP contribution is 2.33. The average molecular weight is 349 g/mol. The summed E-state index contributed by atoms with van der Waals surface area (Å²) in [6.45, 7) is 0. The Morgan fingerprint density at radius 2 is 1.92 bits per heavy atom. The number of H-pyrrole nitrogens is 1. The normalized spacial score (nSPS) is 15.7. The standard InChI is InChI=1S/C19H15N3O4/c23-17-11-3-1-2-4-14(11)21-9-13(17)18(24)22-16-8-15-10(5-6-20-15)7-12(16)19(25)26/h1-9,17,20-21,23H,(H,22,24)(H,25,26). The minimum atomic E-state index is -1.15. The molecule has 130 valence electrons. The number of aliphatic hydroxyl groups is 1. The van der Waals surface area contributed by atoms with Gasteiger partial charge < -0.3 is 25.8 Å². The topological polar surface area (TPSA) is 114 Å². The Morgan fingerprint density at radius 3 is 2.73 bits per heavy atom. The number of carboxylic acids is 1. The van der Waals surface area contributed by atoms with Crippen molar-refractivity contribution < 1.29 is 19.8 Å². The summed E-state index contributed by atoms with van der Waals surface area (Å²) in [5.74, 6) is -1.72. The first-order chi connectivity index (χ1) is 12.5. The summed E-state index contributed by atoms with van der Waals surface area (Å²) in [5, 5.41) is 26.2. The van der Waals surface area contributed by atoms with Crippen LogP contribution >= 0.6 is 0 Å². The van der Waals surface area contributed by atoms with Crippen molar-refractivity contribution in [2.45, 2.75) is 6.10 Å². The number of rotatable bonds is 3. The molecule has 0 radical (unpaired) electrons. The van der Waals surface area contributed by atoms with Crippen LogP contribution in [0, 0.1) is 0 Å². The molecule has 2 aromatic carbocycles. The van der Waals surface area contributed by atoms with Gasteiger partial charge >= 0.3 is 5.97 Å². The smallest absolute Gasteiger partial charge is 0.337 e. The lowest BCUT2D eigenvalue weighted by Gasteiger charge is -2.23. The number of fused-ring (bicyclic) bond motifs is 2. The number of carbonyl (C=O) groups is 2. The zero-order chi connectivity index (χ0) is 18.3. The van der Waals surface area contributed by atoms with Crippen LogP contribution in [0.5, 0.6) is 0 Å². The number of aromatic amines is 1. The molecule has 0 fully saturated rings. The zero-order valence-corrected chi connectivity index (χ0v) is 13.5. The Hall–Kier alpha value is -3.58. The number of aliphatic hydroxyl groups excluding tert-OH is 1. The van der Waals surface area contributed by atoms with Crippen LogP contribution in [0.4, 0.5) is 11.4 Å². The van der Waals surface area contributed by atoms with E-state index in [4.69, 9.17) is 0 Å². The van der Waals surface area contributed by atoms with Gasteiger partial charge in [-0.3, -0.25) is 4.79 Å².